The molecule has 0 aliphatic heterocycles. The number of sulfonamides is 1. The molecule has 0 spiro atoms. The van der Waals surface area contributed by atoms with Crippen LogP contribution in [0.25, 0.3) is 0 Å². The molecule has 0 unspecified atom stereocenters. The molecule has 0 fully saturated rings. The van der Waals surface area contributed by atoms with Gasteiger partial charge in [-0.2, -0.15) is 0 Å². The average Bonchev–Trinajstić information content (AvgIpc) is 2.89. The minimum absolute atomic E-state index is 0.0685. The Labute approximate surface area is 230 Å². The molecule has 2 amide bonds. The molecule has 3 aromatic rings. The molecule has 0 bridgehead atoms. The molecule has 3 rings (SSSR count). The molecule has 0 saturated carbocycles. The Morgan fingerprint density at radius 3 is 2.14 bits per heavy atom. The lowest BCUT2D eigenvalue weighted by molar-refractivity contribution is -0.140. The number of benzene rings is 3. The van der Waals surface area contributed by atoms with Crippen LogP contribution in [0.3, 0.4) is 0 Å². The molecular weight excluding hydrogens is 613 g/mol. The van der Waals surface area contributed by atoms with Gasteiger partial charge in [-0.05, 0) is 83.1 Å². The smallest absolute Gasteiger partial charge is 0.264 e. The van der Waals surface area contributed by atoms with Gasteiger partial charge in [-0.1, -0.05) is 48.9 Å². The van der Waals surface area contributed by atoms with Crippen molar-refractivity contribution in [1.82, 2.24) is 10.2 Å². The number of nitrogens with one attached hydrogen (secondary N) is 1. The van der Waals surface area contributed by atoms with Crippen molar-refractivity contribution in [2.75, 3.05) is 17.9 Å². The van der Waals surface area contributed by atoms with Crippen molar-refractivity contribution in [1.29, 1.82) is 0 Å². The summed E-state index contributed by atoms with van der Waals surface area (Å²) in [7, 11) is -2.56. The SMILES string of the molecule is CC[C@H](C(=O)NC)N(Cc1ccc(Cl)cc1)C(=O)CN(c1ccc(I)cc1)S(=O)(=O)c1ccccc1. The lowest BCUT2D eigenvalue weighted by Crippen LogP contribution is -2.51. The number of carbonyl (C=O) groups is 2. The third-order valence-corrected chi connectivity index (χ3v) is 8.38. The van der Waals surface area contributed by atoms with Crippen LogP contribution in [0, 0.1) is 3.57 Å². The maximum atomic E-state index is 13.8. The first-order valence-electron chi connectivity index (χ1n) is 11.3. The quantitative estimate of drug-likeness (QED) is 0.326. The van der Waals surface area contributed by atoms with Crippen LogP contribution in [0.15, 0.2) is 83.8 Å². The Bertz CT molecular complexity index is 1290. The van der Waals surface area contributed by atoms with Crippen LogP contribution in [-0.4, -0.2) is 44.8 Å². The Hall–Kier alpha value is -2.63. The molecule has 7 nitrogen and oxygen atoms in total. The largest absolute Gasteiger partial charge is 0.357 e. The molecular formula is C26H27ClIN3O4S. The molecule has 0 radical (unpaired) electrons. The predicted octanol–water partition coefficient (Wildman–Crippen LogP) is 4.69. The number of hydrogen-bond donors (Lipinski definition) is 1. The third kappa shape index (κ3) is 6.77. The van der Waals surface area contributed by atoms with E-state index in [2.05, 4.69) is 27.9 Å². The van der Waals surface area contributed by atoms with Gasteiger partial charge in [-0.3, -0.25) is 13.9 Å². The van der Waals surface area contributed by atoms with E-state index in [1.807, 2.05) is 0 Å². The predicted molar refractivity (Wildman–Crippen MR) is 150 cm³/mol. The van der Waals surface area contributed by atoms with Crippen molar-refractivity contribution >= 4 is 61.7 Å². The van der Waals surface area contributed by atoms with Gasteiger partial charge in [-0.25, -0.2) is 8.42 Å². The van der Waals surface area contributed by atoms with E-state index >= 15 is 0 Å². The van der Waals surface area contributed by atoms with E-state index in [1.165, 1.54) is 24.1 Å². The number of anilines is 1. The van der Waals surface area contributed by atoms with Crippen molar-refractivity contribution in [3.8, 4) is 0 Å². The van der Waals surface area contributed by atoms with E-state index in [-0.39, 0.29) is 17.3 Å². The summed E-state index contributed by atoms with van der Waals surface area (Å²) in [6.45, 7) is 1.45. The van der Waals surface area contributed by atoms with Gasteiger partial charge >= 0.3 is 0 Å². The molecule has 1 atom stereocenters. The topological polar surface area (TPSA) is 86.8 Å². The van der Waals surface area contributed by atoms with E-state index < -0.39 is 28.5 Å². The van der Waals surface area contributed by atoms with E-state index in [4.69, 9.17) is 11.6 Å². The van der Waals surface area contributed by atoms with Gasteiger partial charge in [-0.15, -0.1) is 0 Å². The van der Waals surface area contributed by atoms with Crippen LogP contribution < -0.4 is 9.62 Å². The maximum absolute atomic E-state index is 13.8. The van der Waals surface area contributed by atoms with Crippen LogP contribution in [0.2, 0.25) is 5.02 Å². The first kappa shape index (κ1) is 27.9. The molecule has 0 saturated heterocycles. The lowest BCUT2D eigenvalue weighted by Gasteiger charge is -2.33. The van der Waals surface area contributed by atoms with Gasteiger partial charge in [0, 0.05) is 22.2 Å². The first-order chi connectivity index (χ1) is 17.2. The zero-order valence-corrected chi connectivity index (χ0v) is 23.6. The summed E-state index contributed by atoms with van der Waals surface area (Å²) in [6, 6.07) is 21.0. The van der Waals surface area contributed by atoms with E-state index in [0.29, 0.717) is 17.1 Å². The van der Waals surface area contributed by atoms with Gasteiger partial charge in [0.1, 0.15) is 12.6 Å². The van der Waals surface area contributed by atoms with Crippen molar-refractivity contribution in [3.63, 3.8) is 0 Å². The standard InChI is InChI=1S/C26H27ClIN3O4S/c1-3-24(26(33)29-2)30(17-19-9-11-20(27)12-10-19)25(32)18-31(22-15-13-21(28)14-16-22)36(34,35)23-7-5-4-6-8-23/h4-16,24H,3,17-18H2,1-2H3,(H,29,33)/t24-/m1/s1. The zero-order chi connectivity index (χ0) is 26.3. The van der Waals surface area contributed by atoms with Crippen molar-refractivity contribution in [2.24, 2.45) is 0 Å². The molecule has 36 heavy (non-hydrogen) atoms. The fourth-order valence-electron chi connectivity index (χ4n) is 3.73. The third-order valence-electron chi connectivity index (χ3n) is 5.62. The van der Waals surface area contributed by atoms with Gasteiger partial charge in [0.05, 0.1) is 10.6 Å². The number of likely N-dealkylation sites (N-methyl/N-ethyl adjacent to an activating group) is 1. The normalized spacial score (nSPS) is 12.0. The number of hydrogen-bond acceptors (Lipinski definition) is 4. The first-order valence-corrected chi connectivity index (χ1v) is 14.2. The highest BCUT2D eigenvalue weighted by atomic mass is 127. The number of amides is 2. The summed E-state index contributed by atoms with van der Waals surface area (Å²) in [5, 5.41) is 3.16. The number of nitrogens with zero attached hydrogens (tertiary/aromatic N) is 2. The van der Waals surface area contributed by atoms with Crippen molar-refractivity contribution < 1.29 is 18.0 Å². The second kappa shape index (κ2) is 12.6. The van der Waals surface area contributed by atoms with Crippen LogP contribution >= 0.6 is 34.2 Å². The molecule has 0 aliphatic rings. The molecule has 190 valence electrons. The summed E-state index contributed by atoms with van der Waals surface area (Å²) in [5.74, 6) is -0.829. The maximum Gasteiger partial charge on any atom is 0.264 e. The summed E-state index contributed by atoms with van der Waals surface area (Å²) >= 11 is 8.14. The highest BCUT2D eigenvalue weighted by Gasteiger charge is 2.33. The van der Waals surface area contributed by atoms with Crippen molar-refractivity contribution in [2.45, 2.75) is 30.8 Å². The Balaban J connectivity index is 2.03. The number of halogens is 2. The molecule has 10 heteroatoms. The van der Waals surface area contributed by atoms with E-state index in [9.17, 15) is 18.0 Å². The van der Waals surface area contributed by atoms with E-state index in [1.54, 1.807) is 73.7 Å². The van der Waals surface area contributed by atoms with Crippen LogP contribution in [0.4, 0.5) is 5.69 Å². The van der Waals surface area contributed by atoms with Crippen LogP contribution in [-0.2, 0) is 26.2 Å². The number of rotatable bonds is 10. The molecule has 1 N–H and O–H groups in total. The lowest BCUT2D eigenvalue weighted by atomic mass is 10.1. The Kier molecular flexibility index (Phi) is 9.75. The fraction of sp³-hybridized carbons (Fsp3) is 0.231. The average molecular weight is 640 g/mol. The summed E-state index contributed by atoms with van der Waals surface area (Å²) < 4.78 is 29.3. The van der Waals surface area contributed by atoms with Crippen LogP contribution in [0.5, 0.6) is 0 Å². The molecule has 0 aromatic heterocycles. The van der Waals surface area contributed by atoms with Gasteiger partial charge in [0.15, 0.2) is 0 Å². The van der Waals surface area contributed by atoms with E-state index in [0.717, 1.165) is 13.4 Å². The van der Waals surface area contributed by atoms with Gasteiger partial charge in [0.2, 0.25) is 11.8 Å². The highest BCUT2D eigenvalue weighted by Crippen LogP contribution is 2.25. The summed E-state index contributed by atoms with van der Waals surface area (Å²) in [6.07, 6.45) is 0.355. The van der Waals surface area contributed by atoms with Gasteiger partial charge < -0.3 is 10.2 Å². The number of carbonyl (C=O) groups excluding carboxylic acids is 2. The second-order valence-electron chi connectivity index (χ2n) is 7.99. The minimum Gasteiger partial charge on any atom is -0.357 e. The van der Waals surface area contributed by atoms with Gasteiger partial charge in [0.25, 0.3) is 10.0 Å². The zero-order valence-electron chi connectivity index (χ0n) is 19.9. The molecule has 0 aliphatic carbocycles. The highest BCUT2D eigenvalue weighted by molar-refractivity contribution is 14.1. The fourth-order valence-corrected chi connectivity index (χ4v) is 5.65. The molecule has 3 aromatic carbocycles. The summed E-state index contributed by atoms with van der Waals surface area (Å²) in [5.41, 5.74) is 1.12. The second-order valence-corrected chi connectivity index (χ2v) is 11.5. The Morgan fingerprint density at radius 2 is 1.58 bits per heavy atom. The van der Waals surface area contributed by atoms with Crippen molar-refractivity contribution in [3.05, 3.63) is 93.0 Å². The Morgan fingerprint density at radius 1 is 0.972 bits per heavy atom. The minimum atomic E-state index is -4.07. The summed E-state index contributed by atoms with van der Waals surface area (Å²) in [4.78, 5) is 27.9. The molecule has 0 heterocycles. The van der Waals surface area contributed by atoms with Crippen LogP contribution in [0.1, 0.15) is 18.9 Å². The monoisotopic (exact) mass is 639 g/mol.